The summed E-state index contributed by atoms with van der Waals surface area (Å²) in [5.74, 6) is -0.859. The highest BCUT2D eigenvalue weighted by Crippen LogP contribution is 2.24. The van der Waals surface area contributed by atoms with Gasteiger partial charge in [-0.3, -0.25) is 4.79 Å². The van der Waals surface area contributed by atoms with Crippen molar-refractivity contribution in [2.24, 2.45) is 5.92 Å². The summed E-state index contributed by atoms with van der Waals surface area (Å²) >= 11 is 5.97. The third-order valence-electron chi connectivity index (χ3n) is 3.36. The molecule has 1 aromatic rings. The van der Waals surface area contributed by atoms with Crippen molar-refractivity contribution in [3.8, 4) is 0 Å². The summed E-state index contributed by atoms with van der Waals surface area (Å²) in [7, 11) is 0. The summed E-state index contributed by atoms with van der Waals surface area (Å²) < 4.78 is 0. The molecular weight excluding hydrogens is 280 g/mol. The van der Waals surface area contributed by atoms with Crippen LogP contribution in [-0.4, -0.2) is 30.1 Å². The molecule has 1 aromatic carbocycles. The fourth-order valence-corrected chi connectivity index (χ4v) is 2.48. The van der Waals surface area contributed by atoms with Gasteiger partial charge in [0.25, 0.3) is 0 Å². The van der Waals surface area contributed by atoms with E-state index in [9.17, 15) is 9.59 Å². The molecule has 3 N–H and O–H groups in total. The van der Waals surface area contributed by atoms with E-state index in [0.717, 1.165) is 25.9 Å². The first kappa shape index (κ1) is 14.8. The summed E-state index contributed by atoms with van der Waals surface area (Å²) in [5, 5.41) is 15.2. The van der Waals surface area contributed by atoms with Crippen LogP contribution in [0.3, 0.4) is 0 Å². The number of carboxylic acids is 1. The standard InChI is InChI=1S/C14H17ClN2O3/c15-11-4-3-10(14(19)20)7-12(11)17-13(18)6-9-2-1-5-16-8-9/h3-4,7,9,16H,1-2,5-6,8H2,(H,17,18)(H,19,20). The first-order chi connectivity index (χ1) is 9.56. The van der Waals surface area contributed by atoms with Crippen molar-refractivity contribution in [2.75, 3.05) is 18.4 Å². The van der Waals surface area contributed by atoms with Crippen LogP contribution < -0.4 is 10.6 Å². The van der Waals surface area contributed by atoms with Crippen LogP contribution in [0.1, 0.15) is 29.6 Å². The molecule has 108 valence electrons. The van der Waals surface area contributed by atoms with Crippen LogP contribution in [0.25, 0.3) is 0 Å². The smallest absolute Gasteiger partial charge is 0.335 e. The Hall–Kier alpha value is -1.59. The van der Waals surface area contributed by atoms with E-state index in [2.05, 4.69) is 10.6 Å². The lowest BCUT2D eigenvalue weighted by atomic mass is 9.96. The SMILES string of the molecule is O=C(CC1CCCNC1)Nc1cc(C(=O)O)ccc1Cl. The van der Waals surface area contributed by atoms with E-state index in [1.165, 1.54) is 18.2 Å². The van der Waals surface area contributed by atoms with Gasteiger partial charge < -0.3 is 15.7 Å². The van der Waals surface area contributed by atoms with E-state index in [1.807, 2.05) is 0 Å². The molecule has 6 heteroatoms. The molecular formula is C14H17ClN2O3. The minimum Gasteiger partial charge on any atom is -0.478 e. The van der Waals surface area contributed by atoms with Crippen LogP contribution in [0.5, 0.6) is 0 Å². The van der Waals surface area contributed by atoms with Gasteiger partial charge in [0.2, 0.25) is 5.91 Å². The molecule has 0 aliphatic carbocycles. The lowest BCUT2D eigenvalue weighted by Crippen LogP contribution is -2.32. The van der Waals surface area contributed by atoms with Crippen molar-refractivity contribution in [1.29, 1.82) is 0 Å². The molecule has 0 aromatic heterocycles. The monoisotopic (exact) mass is 296 g/mol. The lowest BCUT2D eigenvalue weighted by molar-refractivity contribution is -0.117. The Labute approximate surface area is 122 Å². The number of nitrogens with one attached hydrogen (secondary N) is 2. The van der Waals surface area contributed by atoms with Crippen LogP contribution in [0.2, 0.25) is 5.02 Å². The summed E-state index contributed by atoms with van der Waals surface area (Å²) in [5.41, 5.74) is 0.448. The maximum absolute atomic E-state index is 12.0. The number of carbonyl (C=O) groups excluding carboxylic acids is 1. The van der Waals surface area contributed by atoms with Gasteiger partial charge in [-0.15, -0.1) is 0 Å². The second-order valence-electron chi connectivity index (χ2n) is 4.96. The average molecular weight is 297 g/mol. The molecule has 1 atom stereocenters. The highest BCUT2D eigenvalue weighted by molar-refractivity contribution is 6.33. The number of hydrogen-bond donors (Lipinski definition) is 3. The van der Waals surface area contributed by atoms with Gasteiger partial charge in [-0.2, -0.15) is 0 Å². The van der Waals surface area contributed by atoms with Crippen molar-refractivity contribution in [3.63, 3.8) is 0 Å². The molecule has 1 aliphatic rings. The maximum atomic E-state index is 12.0. The van der Waals surface area contributed by atoms with Gasteiger partial charge in [-0.25, -0.2) is 4.79 Å². The third kappa shape index (κ3) is 3.95. The van der Waals surface area contributed by atoms with E-state index >= 15 is 0 Å². The second kappa shape index (κ2) is 6.72. The zero-order valence-electron chi connectivity index (χ0n) is 11.0. The molecule has 2 rings (SSSR count). The summed E-state index contributed by atoms with van der Waals surface area (Å²) in [6.07, 6.45) is 2.52. The number of piperidine rings is 1. The zero-order chi connectivity index (χ0) is 14.5. The minimum atomic E-state index is -1.05. The number of halogens is 1. The van der Waals surface area contributed by atoms with Gasteiger partial charge in [0.15, 0.2) is 0 Å². The zero-order valence-corrected chi connectivity index (χ0v) is 11.7. The van der Waals surface area contributed by atoms with Crippen molar-refractivity contribution in [1.82, 2.24) is 5.32 Å². The molecule has 1 aliphatic heterocycles. The Morgan fingerprint density at radius 2 is 2.25 bits per heavy atom. The Morgan fingerprint density at radius 1 is 1.45 bits per heavy atom. The number of rotatable bonds is 4. The maximum Gasteiger partial charge on any atom is 0.335 e. The van der Waals surface area contributed by atoms with Gasteiger partial charge in [0, 0.05) is 6.42 Å². The van der Waals surface area contributed by atoms with Gasteiger partial charge in [-0.05, 0) is 50.0 Å². The Balaban J connectivity index is 1.99. The van der Waals surface area contributed by atoms with E-state index in [4.69, 9.17) is 16.7 Å². The highest BCUT2D eigenvalue weighted by atomic mass is 35.5. The summed E-state index contributed by atoms with van der Waals surface area (Å²) in [6, 6.07) is 4.26. The van der Waals surface area contributed by atoms with Crippen LogP contribution in [0.15, 0.2) is 18.2 Å². The molecule has 20 heavy (non-hydrogen) atoms. The quantitative estimate of drug-likeness (QED) is 0.797. The highest BCUT2D eigenvalue weighted by Gasteiger charge is 2.17. The minimum absolute atomic E-state index is 0.101. The average Bonchev–Trinajstić information content (AvgIpc) is 2.42. The van der Waals surface area contributed by atoms with Gasteiger partial charge in [0.05, 0.1) is 16.3 Å². The fraction of sp³-hybridized carbons (Fsp3) is 0.429. The Bertz CT molecular complexity index is 513. The number of aromatic carboxylic acids is 1. The Kier molecular flexibility index (Phi) is 4.98. The summed E-state index contributed by atoms with van der Waals surface area (Å²) in [6.45, 7) is 1.85. The molecule has 0 saturated carbocycles. The van der Waals surface area contributed by atoms with E-state index in [0.29, 0.717) is 23.0 Å². The molecule has 0 radical (unpaired) electrons. The van der Waals surface area contributed by atoms with Crippen LogP contribution >= 0.6 is 11.6 Å². The number of carboxylic acid groups (broad SMARTS) is 1. The normalized spacial score (nSPS) is 18.6. The molecule has 5 nitrogen and oxygen atoms in total. The Morgan fingerprint density at radius 3 is 2.90 bits per heavy atom. The largest absolute Gasteiger partial charge is 0.478 e. The molecule has 1 heterocycles. The molecule has 0 bridgehead atoms. The number of benzene rings is 1. The van der Waals surface area contributed by atoms with E-state index in [-0.39, 0.29) is 11.5 Å². The number of carbonyl (C=O) groups is 2. The molecule has 1 fully saturated rings. The molecule has 0 spiro atoms. The first-order valence-corrected chi connectivity index (χ1v) is 6.97. The third-order valence-corrected chi connectivity index (χ3v) is 3.69. The van der Waals surface area contributed by atoms with Gasteiger partial charge in [0.1, 0.15) is 0 Å². The van der Waals surface area contributed by atoms with Crippen molar-refractivity contribution in [2.45, 2.75) is 19.3 Å². The number of anilines is 1. The van der Waals surface area contributed by atoms with Crippen LogP contribution in [0.4, 0.5) is 5.69 Å². The summed E-state index contributed by atoms with van der Waals surface area (Å²) in [4.78, 5) is 22.9. The predicted octanol–water partition coefficient (Wildman–Crippen LogP) is 2.37. The van der Waals surface area contributed by atoms with Crippen molar-refractivity contribution < 1.29 is 14.7 Å². The topological polar surface area (TPSA) is 78.4 Å². The fourth-order valence-electron chi connectivity index (χ4n) is 2.32. The molecule has 1 unspecified atom stereocenters. The second-order valence-corrected chi connectivity index (χ2v) is 5.37. The molecule has 1 amide bonds. The van der Waals surface area contributed by atoms with Gasteiger partial charge in [-0.1, -0.05) is 11.6 Å². The van der Waals surface area contributed by atoms with Crippen LogP contribution in [0, 0.1) is 5.92 Å². The lowest BCUT2D eigenvalue weighted by Gasteiger charge is -2.22. The van der Waals surface area contributed by atoms with E-state index < -0.39 is 5.97 Å². The van der Waals surface area contributed by atoms with Crippen molar-refractivity contribution >= 4 is 29.2 Å². The van der Waals surface area contributed by atoms with Crippen LogP contribution in [-0.2, 0) is 4.79 Å². The number of amides is 1. The van der Waals surface area contributed by atoms with Gasteiger partial charge >= 0.3 is 5.97 Å². The van der Waals surface area contributed by atoms with E-state index in [1.54, 1.807) is 0 Å². The first-order valence-electron chi connectivity index (χ1n) is 6.59. The molecule has 1 saturated heterocycles. The predicted molar refractivity (Wildman–Crippen MR) is 77.3 cm³/mol. The van der Waals surface area contributed by atoms with Crippen molar-refractivity contribution in [3.05, 3.63) is 28.8 Å². The number of hydrogen-bond acceptors (Lipinski definition) is 3.